The SMILES string of the molecule is CCNC(=O)NC(=O)C(C)Sc1nnc(NC(C)(C)C)s1. The van der Waals surface area contributed by atoms with E-state index < -0.39 is 11.3 Å². The van der Waals surface area contributed by atoms with Crippen molar-refractivity contribution in [2.45, 2.75) is 49.7 Å². The maximum absolute atomic E-state index is 11.8. The topological polar surface area (TPSA) is 96.0 Å². The summed E-state index contributed by atoms with van der Waals surface area (Å²) in [6.07, 6.45) is 0. The zero-order chi connectivity index (χ0) is 16.0. The number of thioether (sulfide) groups is 1. The molecular formula is C12H21N5O2S2. The number of rotatable bonds is 5. The molecule has 1 atom stereocenters. The van der Waals surface area contributed by atoms with Crippen molar-refractivity contribution in [2.24, 2.45) is 0 Å². The Balaban J connectivity index is 2.53. The van der Waals surface area contributed by atoms with Gasteiger partial charge in [0.25, 0.3) is 0 Å². The lowest BCUT2D eigenvalue weighted by atomic mass is 10.1. The number of hydrogen-bond acceptors (Lipinski definition) is 7. The Hall–Kier alpha value is -1.35. The standard InChI is InChI=1S/C12H21N5O2S2/c1-6-13-9(19)14-8(18)7(2)20-11-17-16-10(21-11)15-12(3,4)5/h7H,6H2,1-5H3,(H,15,16)(H2,13,14,18,19). The van der Waals surface area contributed by atoms with Gasteiger partial charge >= 0.3 is 6.03 Å². The Morgan fingerprint density at radius 3 is 2.57 bits per heavy atom. The molecule has 9 heteroatoms. The highest BCUT2D eigenvalue weighted by Gasteiger charge is 2.20. The first-order chi connectivity index (χ1) is 9.71. The number of imide groups is 1. The van der Waals surface area contributed by atoms with E-state index in [0.29, 0.717) is 16.0 Å². The minimum absolute atomic E-state index is 0.0945. The second kappa shape index (κ2) is 7.60. The fraction of sp³-hybridized carbons (Fsp3) is 0.667. The highest BCUT2D eigenvalue weighted by Crippen LogP contribution is 2.30. The highest BCUT2D eigenvalue weighted by molar-refractivity contribution is 8.02. The van der Waals surface area contributed by atoms with Crippen LogP contribution in [0.15, 0.2) is 4.34 Å². The lowest BCUT2D eigenvalue weighted by Gasteiger charge is -2.18. The molecule has 0 aromatic carbocycles. The molecule has 0 aliphatic heterocycles. The van der Waals surface area contributed by atoms with Crippen LogP contribution in [-0.4, -0.2) is 39.5 Å². The van der Waals surface area contributed by atoms with Crippen molar-refractivity contribution in [3.05, 3.63) is 0 Å². The smallest absolute Gasteiger partial charge is 0.321 e. The molecule has 0 aliphatic carbocycles. The molecule has 0 bridgehead atoms. The van der Waals surface area contributed by atoms with E-state index in [1.165, 1.54) is 23.1 Å². The molecule has 3 amide bonds. The van der Waals surface area contributed by atoms with Gasteiger partial charge in [-0.15, -0.1) is 10.2 Å². The van der Waals surface area contributed by atoms with Crippen molar-refractivity contribution in [1.82, 2.24) is 20.8 Å². The molecule has 0 spiro atoms. The van der Waals surface area contributed by atoms with Gasteiger partial charge in [-0.1, -0.05) is 23.1 Å². The van der Waals surface area contributed by atoms with E-state index in [-0.39, 0.29) is 11.4 Å². The Labute approximate surface area is 132 Å². The van der Waals surface area contributed by atoms with Crippen LogP contribution in [0.25, 0.3) is 0 Å². The molecule has 0 aliphatic rings. The Morgan fingerprint density at radius 2 is 2.00 bits per heavy atom. The third kappa shape index (κ3) is 6.76. The van der Waals surface area contributed by atoms with Crippen LogP contribution in [0.3, 0.4) is 0 Å². The van der Waals surface area contributed by atoms with Crippen molar-refractivity contribution in [3.8, 4) is 0 Å². The van der Waals surface area contributed by atoms with Gasteiger partial charge in [-0.25, -0.2) is 4.79 Å². The van der Waals surface area contributed by atoms with E-state index in [0.717, 1.165) is 0 Å². The van der Waals surface area contributed by atoms with Crippen LogP contribution in [0.1, 0.15) is 34.6 Å². The maximum Gasteiger partial charge on any atom is 0.321 e. The molecule has 3 N–H and O–H groups in total. The minimum atomic E-state index is -0.484. The normalized spacial score (nSPS) is 12.6. The molecule has 1 aromatic rings. The van der Waals surface area contributed by atoms with E-state index in [4.69, 9.17) is 0 Å². The lowest BCUT2D eigenvalue weighted by molar-refractivity contribution is -0.119. The van der Waals surface area contributed by atoms with E-state index in [1.807, 2.05) is 20.8 Å². The summed E-state index contributed by atoms with van der Waals surface area (Å²) in [5.41, 5.74) is -0.0945. The fourth-order valence-electron chi connectivity index (χ4n) is 1.25. The van der Waals surface area contributed by atoms with Crippen LogP contribution in [0, 0.1) is 0 Å². The van der Waals surface area contributed by atoms with Crippen molar-refractivity contribution in [3.63, 3.8) is 0 Å². The molecule has 0 saturated heterocycles. The first-order valence-corrected chi connectivity index (χ1v) is 8.28. The average molecular weight is 331 g/mol. The third-order valence-electron chi connectivity index (χ3n) is 2.11. The van der Waals surface area contributed by atoms with Crippen LogP contribution in [0.4, 0.5) is 9.93 Å². The molecule has 1 rings (SSSR count). The quantitative estimate of drug-likeness (QED) is 0.715. The summed E-state index contributed by atoms with van der Waals surface area (Å²) in [6.45, 7) is 10.1. The molecule has 0 saturated carbocycles. The molecule has 0 fully saturated rings. The van der Waals surface area contributed by atoms with Crippen molar-refractivity contribution < 1.29 is 9.59 Å². The Morgan fingerprint density at radius 1 is 1.33 bits per heavy atom. The molecule has 1 unspecified atom stereocenters. The van der Waals surface area contributed by atoms with Gasteiger partial charge in [-0.2, -0.15) is 0 Å². The molecule has 1 heterocycles. The number of urea groups is 1. The summed E-state index contributed by atoms with van der Waals surface area (Å²) < 4.78 is 0.681. The first kappa shape index (κ1) is 17.7. The van der Waals surface area contributed by atoms with Gasteiger partial charge in [0, 0.05) is 12.1 Å². The maximum atomic E-state index is 11.8. The van der Waals surface area contributed by atoms with Gasteiger partial charge < -0.3 is 10.6 Å². The van der Waals surface area contributed by atoms with E-state index in [9.17, 15) is 9.59 Å². The number of carbonyl (C=O) groups excluding carboxylic acids is 2. The zero-order valence-corrected chi connectivity index (χ0v) is 14.4. The average Bonchev–Trinajstić information content (AvgIpc) is 2.73. The number of nitrogens with one attached hydrogen (secondary N) is 3. The second-order valence-corrected chi connectivity index (χ2v) is 7.92. The second-order valence-electron chi connectivity index (χ2n) is 5.36. The number of anilines is 1. The lowest BCUT2D eigenvalue weighted by Crippen LogP contribution is -2.42. The molecule has 0 radical (unpaired) electrons. The highest BCUT2D eigenvalue weighted by atomic mass is 32.2. The molecular weight excluding hydrogens is 310 g/mol. The predicted octanol–water partition coefficient (Wildman–Crippen LogP) is 2.07. The summed E-state index contributed by atoms with van der Waals surface area (Å²) >= 11 is 2.66. The molecule has 7 nitrogen and oxygen atoms in total. The summed E-state index contributed by atoms with van der Waals surface area (Å²) in [5, 5.41) is 16.3. The van der Waals surface area contributed by atoms with Gasteiger partial charge in [0.15, 0.2) is 4.34 Å². The molecule has 118 valence electrons. The summed E-state index contributed by atoms with van der Waals surface area (Å²) in [7, 11) is 0. The number of hydrogen-bond donors (Lipinski definition) is 3. The third-order valence-corrected chi connectivity index (χ3v) is 4.13. The number of carbonyl (C=O) groups is 2. The summed E-state index contributed by atoms with van der Waals surface area (Å²) in [5.74, 6) is -0.355. The minimum Gasteiger partial charge on any atom is -0.355 e. The monoisotopic (exact) mass is 331 g/mol. The first-order valence-electron chi connectivity index (χ1n) is 6.58. The molecule has 1 aromatic heterocycles. The van der Waals surface area contributed by atoms with E-state index in [2.05, 4.69) is 26.1 Å². The predicted molar refractivity (Wildman–Crippen MR) is 85.8 cm³/mol. The summed E-state index contributed by atoms with van der Waals surface area (Å²) in [4.78, 5) is 23.1. The molecule has 21 heavy (non-hydrogen) atoms. The van der Waals surface area contributed by atoms with Gasteiger partial charge in [0.2, 0.25) is 11.0 Å². The van der Waals surface area contributed by atoms with Gasteiger partial charge in [0.1, 0.15) is 0 Å². The number of aromatic nitrogens is 2. The fourth-order valence-corrected chi connectivity index (χ4v) is 3.36. The summed E-state index contributed by atoms with van der Waals surface area (Å²) in [6, 6.07) is -0.484. The van der Waals surface area contributed by atoms with Crippen LogP contribution < -0.4 is 16.0 Å². The Kier molecular flexibility index (Phi) is 6.41. The van der Waals surface area contributed by atoms with Gasteiger partial charge in [-0.3, -0.25) is 10.1 Å². The van der Waals surface area contributed by atoms with E-state index >= 15 is 0 Å². The zero-order valence-electron chi connectivity index (χ0n) is 12.8. The van der Waals surface area contributed by atoms with Crippen molar-refractivity contribution in [2.75, 3.05) is 11.9 Å². The van der Waals surface area contributed by atoms with Crippen LogP contribution >= 0.6 is 23.1 Å². The van der Waals surface area contributed by atoms with Crippen LogP contribution in [0.2, 0.25) is 0 Å². The number of nitrogens with zero attached hydrogens (tertiary/aromatic N) is 2. The van der Waals surface area contributed by atoms with Crippen molar-refractivity contribution >= 4 is 40.2 Å². The van der Waals surface area contributed by atoms with Crippen molar-refractivity contribution in [1.29, 1.82) is 0 Å². The van der Waals surface area contributed by atoms with E-state index in [1.54, 1.807) is 13.8 Å². The van der Waals surface area contributed by atoms with Crippen LogP contribution in [-0.2, 0) is 4.79 Å². The van der Waals surface area contributed by atoms with Gasteiger partial charge in [0.05, 0.1) is 5.25 Å². The van der Waals surface area contributed by atoms with Gasteiger partial charge in [-0.05, 0) is 34.6 Å². The largest absolute Gasteiger partial charge is 0.355 e. The van der Waals surface area contributed by atoms with Crippen LogP contribution in [0.5, 0.6) is 0 Å². The Bertz CT molecular complexity index is 498. The number of amides is 3.